The van der Waals surface area contributed by atoms with Crippen molar-refractivity contribution in [2.24, 2.45) is 11.8 Å². The van der Waals surface area contributed by atoms with Crippen LogP contribution < -0.4 is 4.90 Å². The summed E-state index contributed by atoms with van der Waals surface area (Å²) in [5.41, 5.74) is 0.622. The normalized spacial score (nSPS) is 24.5. The number of pyridine rings is 1. The van der Waals surface area contributed by atoms with Gasteiger partial charge in [0.1, 0.15) is 11.4 Å². The molecule has 2 saturated heterocycles. The molecule has 120 valence electrons. The molecule has 0 aromatic carbocycles. The molecule has 0 aliphatic carbocycles. The molecule has 0 N–H and O–H groups in total. The topological polar surface area (TPSA) is 45.7 Å². The number of hydrogen-bond acceptors (Lipinski definition) is 4. The molecular weight excluding hydrogens is 278 g/mol. The van der Waals surface area contributed by atoms with E-state index in [1.165, 1.54) is 0 Å². The van der Waals surface area contributed by atoms with Crippen LogP contribution in [0, 0.1) is 18.8 Å². The monoisotopic (exact) mass is 303 g/mol. The fourth-order valence-electron chi connectivity index (χ4n) is 3.36. The highest BCUT2D eigenvalue weighted by Crippen LogP contribution is 2.33. The van der Waals surface area contributed by atoms with Crippen LogP contribution in [0.15, 0.2) is 18.2 Å². The first-order valence-corrected chi connectivity index (χ1v) is 7.98. The quantitative estimate of drug-likeness (QED) is 0.800. The van der Waals surface area contributed by atoms with E-state index in [0.29, 0.717) is 11.8 Å². The van der Waals surface area contributed by atoms with Gasteiger partial charge in [-0.2, -0.15) is 0 Å². The molecule has 0 bridgehead atoms. The predicted molar refractivity (Wildman–Crippen MR) is 86.0 cm³/mol. The highest BCUT2D eigenvalue weighted by atomic mass is 16.6. The van der Waals surface area contributed by atoms with E-state index in [1.807, 2.05) is 38.7 Å². The minimum Gasteiger partial charge on any atom is -0.444 e. The Balaban J connectivity index is 1.60. The molecule has 1 amide bonds. The molecule has 2 fully saturated rings. The Morgan fingerprint density at radius 2 is 1.82 bits per heavy atom. The van der Waals surface area contributed by atoms with E-state index in [-0.39, 0.29) is 6.09 Å². The van der Waals surface area contributed by atoms with Crippen molar-refractivity contribution in [3.05, 3.63) is 23.9 Å². The number of ether oxygens (including phenoxy) is 1. The van der Waals surface area contributed by atoms with Gasteiger partial charge < -0.3 is 14.5 Å². The summed E-state index contributed by atoms with van der Waals surface area (Å²) in [5, 5.41) is 0. The number of aromatic nitrogens is 1. The van der Waals surface area contributed by atoms with Crippen LogP contribution in [0.2, 0.25) is 0 Å². The summed E-state index contributed by atoms with van der Waals surface area (Å²) in [7, 11) is 0. The molecule has 1 aromatic rings. The van der Waals surface area contributed by atoms with Gasteiger partial charge in [-0.25, -0.2) is 9.78 Å². The zero-order chi connectivity index (χ0) is 15.9. The van der Waals surface area contributed by atoms with Gasteiger partial charge >= 0.3 is 6.09 Å². The van der Waals surface area contributed by atoms with Crippen molar-refractivity contribution in [2.45, 2.75) is 33.3 Å². The van der Waals surface area contributed by atoms with Crippen molar-refractivity contribution in [3.8, 4) is 0 Å². The van der Waals surface area contributed by atoms with Crippen LogP contribution in [0.25, 0.3) is 0 Å². The Morgan fingerprint density at radius 3 is 2.36 bits per heavy atom. The van der Waals surface area contributed by atoms with E-state index in [1.54, 1.807) is 0 Å². The lowest BCUT2D eigenvalue weighted by atomic mass is 10.0. The maximum absolute atomic E-state index is 12.2. The lowest BCUT2D eigenvalue weighted by molar-refractivity contribution is 0.0282. The number of likely N-dealkylation sites (tertiary alicyclic amines) is 1. The van der Waals surface area contributed by atoms with Gasteiger partial charge in [0.05, 0.1) is 0 Å². The molecule has 0 spiro atoms. The van der Waals surface area contributed by atoms with Gasteiger partial charge in [0.25, 0.3) is 0 Å². The van der Waals surface area contributed by atoms with Gasteiger partial charge in [-0.05, 0) is 39.8 Å². The molecule has 0 saturated carbocycles. The second-order valence-corrected chi connectivity index (χ2v) is 7.45. The SMILES string of the molecule is Cc1cccc(N2CC3CN(C(=O)OC(C)(C)C)CC3C2)n1. The third-order valence-electron chi connectivity index (χ3n) is 4.34. The first kappa shape index (κ1) is 15.1. The molecule has 3 heterocycles. The Kier molecular flexibility index (Phi) is 3.75. The van der Waals surface area contributed by atoms with Crippen molar-refractivity contribution >= 4 is 11.9 Å². The average molecular weight is 303 g/mol. The number of carbonyl (C=O) groups is 1. The first-order valence-electron chi connectivity index (χ1n) is 7.98. The summed E-state index contributed by atoms with van der Waals surface area (Å²) in [6.45, 7) is 11.3. The molecule has 2 aliphatic rings. The van der Waals surface area contributed by atoms with Crippen molar-refractivity contribution in [1.29, 1.82) is 0 Å². The highest BCUT2D eigenvalue weighted by molar-refractivity contribution is 5.68. The molecule has 22 heavy (non-hydrogen) atoms. The molecule has 0 radical (unpaired) electrons. The fourth-order valence-corrected chi connectivity index (χ4v) is 3.36. The Hall–Kier alpha value is -1.78. The summed E-state index contributed by atoms with van der Waals surface area (Å²) < 4.78 is 5.48. The van der Waals surface area contributed by atoms with Gasteiger partial charge in [-0.3, -0.25) is 0 Å². The smallest absolute Gasteiger partial charge is 0.410 e. The van der Waals surface area contributed by atoms with Gasteiger partial charge in [-0.1, -0.05) is 6.07 Å². The highest BCUT2D eigenvalue weighted by Gasteiger charge is 2.43. The maximum Gasteiger partial charge on any atom is 0.410 e. The first-order chi connectivity index (χ1) is 10.3. The number of anilines is 1. The largest absolute Gasteiger partial charge is 0.444 e. The molecule has 1 aromatic heterocycles. The van der Waals surface area contributed by atoms with Gasteiger partial charge in [0.15, 0.2) is 0 Å². The Labute approximate surface area is 132 Å². The van der Waals surface area contributed by atoms with Gasteiger partial charge in [0, 0.05) is 43.7 Å². The van der Waals surface area contributed by atoms with Crippen LogP contribution in [-0.2, 0) is 4.74 Å². The van der Waals surface area contributed by atoms with E-state index in [2.05, 4.69) is 22.0 Å². The zero-order valence-corrected chi connectivity index (χ0v) is 13.9. The minimum absolute atomic E-state index is 0.179. The molecule has 3 rings (SSSR count). The number of hydrogen-bond donors (Lipinski definition) is 0. The number of nitrogens with zero attached hydrogens (tertiary/aromatic N) is 3. The summed E-state index contributed by atoms with van der Waals surface area (Å²) >= 11 is 0. The molecule has 5 heteroatoms. The maximum atomic E-state index is 12.2. The molecule has 2 unspecified atom stereocenters. The summed E-state index contributed by atoms with van der Waals surface area (Å²) in [5.74, 6) is 2.10. The minimum atomic E-state index is -0.424. The average Bonchev–Trinajstić information content (AvgIpc) is 2.94. The van der Waals surface area contributed by atoms with E-state index in [4.69, 9.17) is 4.74 Å². The summed E-state index contributed by atoms with van der Waals surface area (Å²) in [4.78, 5) is 21.0. The van der Waals surface area contributed by atoms with Crippen molar-refractivity contribution in [1.82, 2.24) is 9.88 Å². The van der Waals surface area contributed by atoms with Gasteiger partial charge in [0.2, 0.25) is 0 Å². The lowest BCUT2D eigenvalue weighted by Crippen LogP contribution is -2.37. The van der Waals surface area contributed by atoms with Crippen molar-refractivity contribution < 1.29 is 9.53 Å². The van der Waals surface area contributed by atoms with Crippen molar-refractivity contribution in [3.63, 3.8) is 0 Å². The van der Waals surface area contributed by atoms with Crippen LogP contribution in [0.5, 0.6) is 0 Å². The van der Waals surface area contributed by atoms with E-state index < -0.39 is 5.60 Å². The summed E-state index contributed by atoms with van der Waals surface area (Å²) in [6.07, 6.45) is -0.179. The lowest BCUT2D eigenvalue weighted by Gasteiger charge is -2.26. The van der Waals surface area contributed by atoms with Crippen LogP contribution in [0.4, 0.5) is 10.6 Å². The Bertz CT molecular complexity index is 553. The number of rotatable bonds is 1. The van der Waals surface area contributed by atoms with E-state index in [0.717, 1.165) is 37.7 Å². The van der Waals surface area contributed by atoms with Gasteiger partial charge in [-0.15, -0.1) is 0 Å². The number of fused-ring (bicyclic) bond motifs is 1. The predicted octanol–water partition coefficient (Wildman–Crippen LogP) is 2.69. The molecule has 5 nitrogen and oxygen atoms in total. The fraction of sp³-hybridized carbons (Fsp3) is 0.647. The third kappa shape index (κ3) is 3.18. The van der Waals surface area contributed by atoms with Crippen LogP contribution in [0.1, 0.15) is 26.5 Å². The molecule has 2 atom stereocenters. The Morgan fingerprint density at radius 1 is 1.18 bits per heavy atom. The number of aryl methyl sites for hydroxylation is 1. The second-order valence-electron chi connectivity index (χ2n) is 7.45. The van der Waals surface area contributed by atoms with Crippen LogP contribution in [0.3, 0.4) is 0 Å². The molecule has 2 aliphatic heterocycles. The van der Waals surface area contributed by atoms with Crippen LogP contribution in [-0.4, -0.2) is 47.8 Å². The standard InChI is InChI=1S/C17H25N3O2/c1-12-6-5-7-15(18-12)19-8-13-10-20(11-14(13)9-19)16(21)22-17(2,3)4/h5-7,13-14H,8-11H2,1-4H3. The summed E-state index contributed by atoms with van der Waals surface area (Å²) in [6, 6.07) is 6.14. The van der Waals surface area contributed by atoms with E-state index >= 15 is 0 Å². The number of amides is 1. The van der Waals surface area contributed by atoms with Crippen molar-refractivity contribution in [2.75, 3.05) is 31.1 Å². The number of carbonyl (C=O) groups excluding carboxylic acids is 1. The van der Waals surface area contributed by atoms with E-state index in [9.17, 15) is 4.79 Å². The third-order valence-corrected chi connectivity index (χ3v) is 4.34. The second kappa shape index (κ2) is 5.45. The van der Waals surface area contributed by atoms with Crippen LogP contribution >= 0.6 is 0 Å². The zero-order valence-electron chi connectivity index (χ0n) is 13.9. The molecular formula is C17H25N3O2.